The van der Waals surface area contributed by atoms with Gasteiger partial charge in [-0.3, -0.25) is 4.79 Å². The van der Waals surface area contributed by atoms with E-state index in [0.717, 1.165) is 16.9 Å². The average molecular weight is 381 g/mol. The highest BCUT2D eigenvalue weighted by atomic mass is 16.5. The molecule has 3 rings (SSSR count). The summed E-state index contributed by atoms with van der Waals surface area (Å²) in [7, 11) is 1.60. The fourth-order valence-corrected chi connectivity index (χ4v) is 2.48. The zero-order valence-electron chi connectivity index (χ0n) is 18.5. The molecule has 0 aliphatic carbocycles. The number of methoxy groups -OCH3 is 1. The lowest BCUT2D eigenvalue weighted by Gasteiger charge is -2.13. The Labute approximate surface area is 167 Å². The van der Waals surface area contributed by atoms with Gasteiger partial charge in [0.25, 0.3) is 5.91 Å². The van der Waals surface area contributed by atoms with Crippen molar-refractivity contribution < 1.29 is 13.6 Å². The molecule has 2 aromatic heterocycles. The van der Waals surface area contributed by atoms with Crippen LogP contribution in [-0.4, -0.2) is 35.2 Å². The predicted molar refractivity (Wildman–Crippen MR) is 108 cm³/mol. The molecule has 0 saturated heterocycles. The van der Waals surface area contributed by atoms with Crippen LogP contribution in [0.5, 0.6) is 5.75 Å². The van der Waals surface area contributed by atoms with Crippen molar-refractivity contribution in [3.63, 3.8) is 0 Å². The third-order valence-corrected chi connectivity index (χ3v) is 4.02. The lowest BCUT2D eigenvalue weighted by Crippen LogP contribution is -2.22. The van der Waals surface area contributed by atoms with Gasteiger partial charge < -0.3 is 20.7 Å². The van der Waals surface area contributed by atoms with Gasteiger partial charge in [-0.15, -0.1) is 10.2 Å². The molecule has 3 N–H and O–H groups in total. The van der Waals surface area contributed by atoms with E-state index in [1.165, 1.54) is 0 Å². The van der Waals surface area contributed by atoms with E-state index in [-0.39, 0.29) is 11.4 Å². The maximum Gasteiger partial charge on any atom is 0.273 e. The molecule has 0 fully saturated rings. The molecule has 0 bridgehead atoms. The first-order valence-corrected chi connectivity index (χ1v) is 8.51. The van der Waals surface area contributed by atoms with Crippen LogP contribution in [0.3, 0.4) is 0 Å². The van der Waals surface area contributed by atoms with Gasteiger partial charge >= 0.3 is 0 Å². The summed E-state index contributed by atoms with van der Waals surface area (Å²) in [6.45, 7) is -0.335. The van der Waals surface area contributed by atoms with Crippen molar-refractivity contribution in [3.8, 4) is 5.75 Å². The van der Waals surface area contributed by atoms with E-state index in [2.05, 4.69) is 25.8 Å². The molecule has 0 atom stereocenters. The number of carbonyl (C=O) groups is 1. The van der Waals surface area contributed by atoms with Crippen LogP contribution in [-0.2, 0) is 6.54 Å². The standard InChI is InChI=1S/C20H22N6O2/c1-13-5-4-10-22-19(13)24-16-11-17(25-26-18(16)20(27)21-2)23-12-14-6-8-15(28-3)9-7-14/h4-11H,12H2,1-3H3,(H,21,27)(H2,22,23,24,25)/i2D3. The molecular formula is C20H22N6O2. The maximum atomic E-state index is 12.4. The molecule has 0 aliphatic heterocycles. The second-order valence-electron chi connectivity index (χ2n) is 5.94. The minimum Gasteiger partial charge on any atom is -0.497 e. The molecule has 28 heavy (non-hydrogen) atoms. The summed E-state index contributed by atoms with van der Waals surface area (Å²) >= 11 is 0. The Balaban J connectivity index is 1.85. The molecule has 2 heterocycles. The smallest absolute Gasteiger partial charge is 0.273 e. The normalized spacial score (nSPS) is 12.3. The molecule has 8 heteroatoms. The van der Waals surface area contributed by atoms with Gasteiger partial charge in [-0.25, -0.2) is 4.98 Å². The number of ether oxygens (including phenoxy) is 1. The first-order valence-electron chi connectivity index (χ1n) is 10.0. The molecule has 0 saturated carbocycles. The first kappa shape index (κ1) is 15.4. The molecule has 8 nitrogen and oxygen atoms in total. The number of amides is 1. The Bertz CT molecular complexity index is 1060. The van der Waals surface area contributed by atoms with Gasteiger partial charge in [0.2, 0.25) is 0 Å². The zero-order valence-corrected chi connectivity index (χ0v) is 15.5. The second kappa shape index (κ2) is 8.81. The number of aryl methyl sites for hydroxylation is 1. The number of hydrogen-bond donors (Lipinski definition) is 3. The van der Waals surface area contributed by atoms with Crippen molar-refractivity contribution >= 4 is 23.2 Å². The van der Waals surface area contributed by atoms with Crippen LogP contribution in [0.2, 0.25) is 0 Å². The van der Waals surface area contributed by atoms with E-state index in [0.29, 0.717) is 18.2 Å². The van der Waals surface area contributed by atoms with Crippen molar-refractivity contribution in [2.24, 2.45) is 0 Å². The van der Waals surface area contributed by atoms with Gasteiger partial charge in [-0.1, -0.05) is 18.2 Å². The van der Waals surface area contributed by atoms with Gasteiger partial charge in [-0.2, -0.15) is 0 Å². The number of rotatable bonds is 7. The van der Waals surface area contributed by atoms with Gasteiger partial charge in [-0.05, 0) is 36.2 Å². The van der Waals surface area contributed by atoms with E-state index in [1.807, 2.05) is 42.6 Å². The SMILES string of the molecule is [2H]C([2H])([2H])NC(=O)c1nnc(NCc2ccc(OC)cc2)cc1Nc1ncccc1C. The molecule has 3 aromatic rings. The fourth-order valence-electron chi connectivity index (χ4n) is 2.48. The molecule has 0 unspecified atom stereocenters. The maximum absolute atomic E-state index is 12.4. The van der Waals surface area contributed by atoms with E-state index in [1.54, 1.807) is 25.4 Å². The fraction of sp³-hybridized carbons (Fsp3) is 0.200. The summed E-state index contributed by atoms with van der Waals surface area (Å²) < 4.78 is 27.0. The van der Waals surface area contributed by atoms with Crippen LogP contribution < -0.4 is 20.7 Å². The third-order valence-electron chi connectivity index (χ3n) is 4.02. The molecule has 0 radical (unpaired) electrons. The van der Waals surface area contributed by atoms with E-state index in [9.17, 15) is 4.79 Å². The van der Waals surface area contributed by atoms with Crippen LogP contribution >= 0.6 is 0 Å². The van der Waals surface area contributed by atoms with Crippen LogP contribution in [0.1, 0.15) is 25.7 Å². The van der Waals surface area contributed by atoms with Crippen molar-refractivity contribution in [1.82, 2.24) is 20.5 Å². The van der Waals surface area contributed by atoms with Gasteiger partial charge in [0, 0.05) is 29.9 Å². The van der Waals surface area contributed by atoms with Crippen molar-refractivity contribution in [2.75, 3.05) is 24.7 Å². The Morgan fingerprint density at radius 2 is 2.04 bits per heavy atom. The summed E-state index contributed by atoms with van der Waals surface area (Å²) in [5.74, 6) is 0.799. The number of pyridine rings is 1. The molecule has 0 aliphatic rings. The highest BCUT2D eigenvalue weighted by Gasteiger charge is 2.15. The Morgan fingerprint density at radius 3 is 2.75 bits per heavy atom. The lowest BCUT2D eigenvalue weighted by atomic mass is 10.2. The zero-order chi connectivity index (χ0) is 22.4. The number of hydrogen-bond acceptors (Lipinski definition) is 7. The summed E-state index contributed by atoms with van der Waals surface area (Å²) in [6, 6.07) is 12.7. The van der Waals surface area contributed by atoms with Crippen molar-refractivity contribution in [2.45, 2.75) is 13.5 Å². The molecule has 144 valence electrons. The van der Waals surface area contributed by atoms with Crippen molar-refractivity contribution in [1.29, 1.82) is 0 Å². The topological polar surface area (TPSA) is 101 Å². The minimum absolute atomic E-state index is 0.156. The molecule has 1 aromatic carbocycles. The summed E-state index contributed by atoms with van der Waals surface area (Å²) in [4.78, 5) is 16.7. The quantitative estimate of drug-likeness (QED) is 0.578. The summed E-state index contributed by atoms with van der Waals surface area (Å²) in [5.41, 5.74) is 1.95. The number of anilines is 3. The monoisotopic (exact) mass is 381 g/mol. The van der Waals surface area contributed by atoms with Gasteiger partial charge in [0.05, 0.1) is 12.8 Å². The minimum atomic E-state index is -2.65. The number of benzene rings is 1. The Morgan fingerprint density at radius 1 is 1.21 bits per heavy atom. The molecule has 1 amide bonds. The highest BCUT2D eigenvalue weighted by Crippen LogP contribution is 2.23. The second-order valence-corrected chi connectivity index (χ2v) is 5.94. The predicted octanol–water partition coefficient (Wildman–Crippen LogP) is 2.90. The first-order chi connectivity index (χ1) is 14.7. The van der Waals surface area contributed by atoms with Crippen LogP contribution in [0.15, 0.2) is 48.7 Å². The van der Waals surface area contributed by atoms with Crippen LogP contribution in [0.25, 0.3) is 0 Å². The average Bonchev–Trinajstić information content (AvgIpc) is 2.73. The summed E-state index contributed by atoms with van der Waals surface area (Å²) in [6.07, 6.45) is 1.61. The number of nitrogens with one attached hydrogen (secondary N) is 3. The largest absolute Gasteiger partial charge is 0.497 e. The van der Waals surface area contributed by atoms with Crippen LogP contribution in [0.4, 0.5) is 17.3 Å². The van der Waals surface area contributed by atoms with Crippen molar-refractivity contribution in [3.05, 3.63) is 65.5 Å². The highest BCUT2D eigenvalue weighted by molar-refractivity contribution is 5.98. The van der Waals surface area contributed by atoms with E-state index in [4.69, 9.17) is 8.85 Å². The Kier molecular flexibility index (Phi) is 4.84. The third kappa shape index (κ3) is 4.53. The van der Waals surface area contributed by atoms with Gasteiger partial charge in [0.1, 0.15) is 11.6 Å². The molecule has 0 spiro atoms. The molecular weight excluding hydrogens is 356 g/mol. The van der Waals surface area contributed by atoms with Crippen LogP contribution in [0, 0.1) is 6.92 Å². The number of carbonyl (C=O) groups excluding carboxylic acids is 1. The number of nitrogens with zero attached hydrogens (tertiary/aromatic N) is 3. The lowest BCUT2D eigenvalue weighted by molar-refractivity contribution is 0.0958. The number of aromatic nitrogens is 3. The Hall–Kier alpha value is -3.68. The van der Waals surface area contributed by atoms with E-state index >= 15 is 0 Å². The summed E-state index contributed by atoms with van der Waals surface area (Å²) in [5, 5.41) is 16.1. The van der Waals surface area contributed by atoms with E-state index < -0.39 is 12.9 Å². The van der Waals surface area contributed by atoms with Gasteiger partial charge in [0.15, 0.2) is 11.5 Å².